The average molecular weight is 596 g/mol. The predicted molar refractivity (Wildman–Crippen MR) is 136 cm³/mol. The molecule has 39 heavy (non-hydrogen) atoms. The highest BCUT2D eigenvalue weighted by molar-refractivity contribution is 7.93. The molecule has 11 nitrogen and oxygen atoms in total. The molecule has 1 aromatic heterocycles. The number of fused-ring (bicyclic) bond motifs is 1. The van der Waals surface area contributed by atoms with Gasteiger partial charge >= 0.3 is 12.3 Å². The Morgan fingerprint density at radius 2 is 1.87 bits per heavy atom. The van der Waals surface area contributed by atoms with E-state index in [-0.39, 0.29) is 39.6 Å². The van der Waals surface area contributed by atoms with E-state index in [0.29, 0.717) is 20.4 Å². The Balaban J connectivity index is 2.05. The van der Waals surface area contributed by atoms with Gasteiger partial charge in [-0.05, 0) is 52.8 Å². The number of amides is 2. The molecular formula is C23H29ClF3N5O6S. The summed E-state index contributed by atoms with van der Waals surface area (Å²) in [6, 6.07) is 3.87. The lowest BCUT2D eigenvalue weighted by Gasteiger charge is -2.42. The molecule has 16 heteroatoms. The van der Waals surface area contributed by atoms with Crippen LogP contribution in [-0.4, -0.2) is 60.2 Å². The molecule has 2 amide bonds. The molecule has 0 radical (unpaired) electrons. The summed E-state index contributed by atoms with van der Waals surface area (Å²) in [5.41, 5.74) is -3.89. The molecule has 0 spiro atoms. The maximum Gasteiger partial charge on any atom is 0.427 e. The highest BCUT2D eigenvalue weighted by Gasteiger charge is 2.51. The summed E-state index contributed by atoms with van der Waals surface area (Å²) in [7, 11) is -4.38. The number of alkyl halides is 3. The number of halogens is 4. The highest BCUT2D eigenvalue weighted by Crippen LogP contribution is 2.42. The van der Waals surface area contributed by atoms with Gasteiger partial charge in [-0.15, -0.1) is 0 Å². The number of benzene rings is 1. The molecular weight excluding hydrogens is 567 g/mol. The van der Waals surface area contributed by atoms with Crippen LogP contribution in [0.4, 0.5) is 29.3 Å². The first-order valence-electron chi connectivity index (χ1n) is 11.7. The van der Waals surface area contributed by atoms with E-state index in [1.54, 1.807) is 20.8 Å². The fourth-order valence-electron chi connectivity index (χ4n) is 3.73. The number of anilines is 2. The molecule has 0 saturated heterocycles. The topological polar surface area (TPSA) is 132 Å². The van der Waals surface area contributed by atoms with Gasteiger partial charge in [0.15, 0.2) is 5.15 Å². The third kappa shape index (κ3) is 6.35. The molecule has 2 heterocycles. The molecule has 0 fully saturated rings. The second-order valence-corrected chi connectivity index (χ2v) is 12.1. The molecule has 1 atom stereocenters. The van der Waals surface area contributed by atoms with Crippen LogP contribution in [0.5, 0.6) is 5.75 Å². The number of nitrogens with one attached hydrogen (secondary N) is 2. The lowest BCUT2D eigenvalue weighted by molar-refractivity contribution is -0.242. The monoisotopic (exact) mass is 595 g/mol. The molecule has 1 unspecified atom stereocenters. The van der Waals surface area contributed by atoms with Gasteiger partial charge in [-0.3, -0.25) is 19.1 Å². The Morgan fingerprint density at radius 1 is 1.23 bits per heavy atom. The van der Waals surface area contributed by atoms with E-state index >= 15 is 0 Å². The van der Waals surface area contributed by atoms with Gasteiger partial charge in [0.2, 0.25) is 11.5 Å². The van der Waals surface area contributed by atoms with E-state index in [4.69, 9.17) is 16.3 Å². The van der Waals surface area contributed by atoms with Crippen molar-refractivity contribution in [2.24, 2.45) is 0 Å². The van der Waals surface area contributed by atoms with Crippen LogP contribution in [-0.2, 0) is 26.1 Å². The predicted octanol–water partition coefficient (Wildman–Crippen LogP) is 4.32. The lowest BCUT2D eigenvalue weighted by Crippen LogP contribution is -2.60. The second-order valence-electron chi connectivity index (χ2n) is 9.89. The number of hydrogen-bond donors (Lipinski definition) is 2. The molecule has 1 aliphatic heterocycles. The maximum absolute atomic E-state index is 13.8. The molecule has 3 rings (SSSR count). The van der Waals surface area contributed by atoms with E-state index in [2.05, 4.69) is 20.5 Å². The van der Waals surface area contributed by atoms with Crippen LogP contribution in [0.15, 0.2) is 29.3 Å². The van der Waals surface area contributed by atoms with Crippen LogP contribution in [0.1, 0.15) is 41.5 Å². The SMILES string of the molecule is CCn1cc(S(=O)(=O)N2CC(C(C)(C)NC(C)=O)Oc3ccc(NC(=O)OC(C)(C)C(F)(F)F)cc32)c(Cl)n1. The number of carbonyl (C=O) groups is 2. The zero-order chi connectivity index (χ0) is 29.6. The smallest absolute Gasteiger partial charge is 0.427 e. The first-order valence-corrected chi connectivity index (χ1v) is 13.5. The number of sulfonamides is 1. The Bertz CT molecular complexity index is 1380. The highest BCUT2D eigenvalue weighted by atomic mass is 35.5. The van der Waals surface area contributed by atoms with Gasteiger partial charge in [-0.25, -0.2) is 13.2 Å². The molecule has 216 valence electrons. The van der Waals surface area contributed by atoms with Crippen LogP contribution >= 0.6 is 11.6 Å². The molecule has 0 bridgehead atoms. The summed E-state index contributed by atoms with van der Waals surface area (Å²) in [6.45, 7) is 7.81. The Labute approximate surface area is 228 Å². The minimum Gasteiger partial charge on any atom is -0.484 e. The van der Waals surface area contributed by atoms with Gasteiger partial charge in [-0.2, -0.15) is 18.3 Å². The summed E-state index contributed by atoms with van der Waals surface area (Å²) in [5.74, 6) is -0.294. The van der Waals surface area contributed by atoms with E-state index in [1.807, 2.05) is 0 Å². The quantitative estimate of drug-likeness (QED) is 0.487. The van der Waals surface area contributed by atoms with Crippen molar-refractivity contribution >= 4 is 45.0 Å². The van der Waals surface area contributed by atoms with Crippen LogP contribution in [0, 0.1) is 0 Å². The van der Waals surface area contributed by atoms with Crippen LogP contribution < -0.4 is 19.7 Å². The van der Waals surface area contributed by atoms with Crippen molar-refractivity contribution in [1.82, 2.24) is 15.1 Å². The maximum atomic E-state index is 13.8. The minimum absolute atomic E-state index is 0.0296. The van der Waals surface area contributed by atoms with E-state index in [1.165, 1.54) is 36.0 Å². The number of aryl methyl sites for hydroxylation is 1. The zero-order valence-corrected chi connectivity index (χ0v) is 23.6. The Kier molecular flexibility index (Phi) is 8.10. The van der Waals surface area contributed by atoms with Crippen molar-refractivity contribution in [2.75, 3.05) is 16.2 Å². The van der Waals surface area contributed by atoms with Crippen molar-refractivity contribution < 1.29 is 40.7 Å². The number of carbonyl (C=O) groups excluding carboxylic acids is 2. The Hall–Kier alpha value is -3.20. The fourth-order valence-corrected chi connectivity index (χ4v) is 5.65. The summed E-state index contributed by atoms with van der Waals surface area (Å²) in [6.07, 6.45) is -5.84. The summed E-state index contributed by atoms with van der Waals surface area (Å²) < 4.78 is 80.0. The van der Waals surface area contributed by atoms with Crippen molar-refractivity contribution in [3.8, 4) is 5.75 Å². The molecule has 0 saturated carbocycles. The van der Waals surface area contributed by atoms with Crippen LogP contribution in [0.3, 0.4) is 0 Å². The van der Waals surface area contributed by atoms with Crippen molar-refractivity contribution in [3.05, 3.63) is 29.5 Å². The number of ether oxygens (including phenoxy) is 2. The molecule has 2 N–H and O–H groups in total. The average Bonchev–Trinajstić information content (AvgIpc) is 3.17. The molecule has 0 aliphatic carbocycles. The molecule has 1 aliphatic rings. The van der Waals surface area contributed by atoms with Gasteiger partial charge in [0, 0.05) is 25.4 Å². The van der Waals surface area contributed by atoms with Crippen molar-refractivity contribution in [2.45, 2.75) is 76.4 Å². The van der Waals surface area contributed by atoms with Gasteiger partial charge in [0.1, 0.15) is 16.7 Å². The number of aromatic nitrogens is 2. The Morgan fingerprint density at radius 3 is 2.41 bits per heavy atom. The van der Waals surface area contributed by atoms with E-state index < -0.39 is 39.5 Å². The summed E-state index contributed by atoms with van der Waals surface area (Å²) >= 11 is 6.16. The van der Waals surface area contributed by atoms with Gasteiger partial charge in [0.25, 0.3) is 10.0 Å². The van der Waals surface area contributed by atoms with Crippen molar-refractivity contribution in [3.63, 3.8) is 0 Å². The first kappa shape index (κ1) is 30.3. The molecule has 2 aromatic rings. The third-order valence-electron chi connectivity index (χ3n) is 5.99. The largest absolute Gasteiger partial charge is 0.484 e. The van der Waals surface area contributed by atoms with Crippen LogP contribution in [0.25, 0.3) is 0 Å². The third-order valence-corrected chi connectivity index (χ3v) is 8.16. The number of nitrogens with zero attached hydrogens (tertiary/aromatic N) is 3. The fraction of sp³-hybridized carbons (Fsp3) is 0.522. The van der Waals surface area contributed by atoms with Gasteiger partial charge in [0.05, 0.1) is 17.8 Å². The first-order chi connectivity index (χ1) is 17.8. The standard InChI is InChI=1S/C23H29ClF3N5O6S/c1-7-31-11-17(19(24)30-31)39(35,36)32-12-18(21(3,4)29-13(2)33)37-16-9-8-14(10-15(16)32)28-20(34)38-22(5,6)23(25,26)27/h8-11,18H,7,12H2,1-6H3,(H,28,34)(H,29,33). The van der Waals surface area contributed by atoms with E-state index in [0.717, 1.165) is 4.31 Å². The normalized spacial score (nSPS) is 16.3. The minimum atomic E-state index is -4.82. The second kappa shape index (κ2) is 10.4. The number of hydrogen-bond acceptors (Lipinski definition) is 7. The lowest BCUT2D eigenvalue weighted by atomic mass is 9.95. The van der Waals surface area contributed by atoms with Gasteiger partial charge < -0.3 is 14.8 Å². The zero-order valence-electron chi connectivity index (χ0n) is 22.0. The van der Waals surface area contributed by atoms with Crippen molar-refractivity contribution in [1.29, 1.82) is 0 Å². The van der Waals surface area contributed by atoms with Gasteiger partial charge in [-0.1, -0.05) is 11.6 Å². The van der Waals surface area contributed by atoms with Crippen LogP contribution in [0.2, 0.25) is 5.15 Å². The van der Waals surface area contributed by atoms with E-state index in [9.17, 15) is 31.2 Å². The molecule has 1 aromatic carbocycles. The summed E-state index contributed by atoms with van der Waals surface area (Å²) in [4.78, 5) is 23.7. The number of rotatable bonds is 7. The summed E-state index contributed by atoms with van der Waals surface area (Å²) in [5, 5.41) is 8.64.